The fourth-order valence-corrected chi connectivity index (χ4v) is 2.45. The topological polar surface area (TPSA) is 15.3 Å². The predicted molar refractivity (Wildman–Crippen MR) is 78.7 cm³/mol. The van der Waals surface area contributed by atoms with E-state index in [1.165, 1.54) is 4.90 Å². The van der Waals surface area contributed by atoms with E-state index < -0.39 is 41.7 Å². The molecule has 1 heterocycles. The molecular weight excluding hydrogens is 369 g/mol. The monoisotopic (exact) mass is 384 g/mol. The van der Waals surface area contributed by atoms with Crippen LogP contribution >= 0.6 is 24.8 Å². The van der Waals surface area contributed by atoms with E-state index in [4.69, 9.17) is 0 Å². The lowest BCUT2D eigenvalue weighted by atomic mass is 9.99. The molecule has 1 aliphatic heterocycles. The lowest BCUT2D eigenvalue weighted by Gasteiger charge is -2.35. The summed E-state index contributed by atoms with van der Waals surface area (Å²) < 4.78 is 78.2. The number of halogens is 8. The van der Waals surface area contributed by atoms with Gasteiger partial charge in [-0.3, -0.25) is 4.90 Å². The van der Waals surface area contributed by atoms with Gasteiger partial charge in [-0.25, -0.2) is 13.2 Å². The maximum atomic E-state index is 13.8. The summed E-state index contributed by atoms with van der Waals surface area (Å²) in [7, 11) is 0. The average molecular weight is 385 g/mol. The van der Waals surface area contributed by atoms with Crippen molar-refractivity contribution < 1.29 is 26.3 Å². The molecule has 2 nitrogen and oxygen atoms in total. The quantitative estimate of drug-likeness (QED) is 0.628. The lowest BCUT2D eigenvalue weighted by Crippen LogP contribution is -2.46. The SMILES string of the molecule is Cl.Cl.Fc1ccc([C@H](CC(F)(F)F)N2CCNCC2)c(F)c1F. The molecule has 10 heteroatoms. The summed E-state index contributed by atoms with van der Waals surface area (Å²) in [6, 6.07) is 0.174. The number of alkyl halides is 3. The maximum Gasteiger partial charge on any atom is 0.390 e. The standard InChI is InChI=1S/C13H14F6N2.2ClH/c14-9-2-1-8(11(15)12(9)16)10(7-13(17,18)19)21-5-3-20-4-6-21;;/h1-2,10,20H,3-7H2;2*1H/t10-;;/m0../s1. The first kappa shape index (κ1) is 22.3. The Morgan fingerprint density at radius 2 is 1.57 bits per heavy atom. The van der Waals surface area contributed by atoms with Crippen molar-refractivity contribution in [2.75, 3.05) is 26.2 Å². The van der Waals surface area contributed by atoms with Crippen LogP contribution < -0.4 is 5.32 Å². The number of hydrogen-bond donors (Lipinski definition) is 1. The summed E-state index contributed by atoms with van der Waals surface area (Å²) in [5.74, 6) is -4.71. The first-order valence-electron chi connectivity index (χ1n) is 6.44. The summed E-state index contributed by atoms with van der Waals surface area (Å²) in [6.45, 7) is 1.47. The van der Waals surface area contributed by atoms with E-state index in [0.29, 0.717) is 19.2 Å². The molecule has 1 saturated heterocycles. The smallest absolute Gasteiger partial charge is 0.314 e. The number of hydrogen-bond acceptors (Lipinski definition) is 2. The van der Waals surface area contributed by atoms with Crippen LogP contribution in [0.15, 0.2) is 12.1 Å². The second kappa shape index (κ2) is 8.96. The van der Waals surface area contributed by atoms with E-state index in [2.05, 4.69) is 5.32 Å². The molecule has 0 amide bonds. The third-order valence-electron chi connectivity index (χ3n) is 3.44. The van der Waals surface area contributed by atoms with Gasteiger partial charge in [0.2, 0.25) is 0 Å². The molecule has 0 saturated carbocycles. The van der Waals surface area contributed by atoms with Gasteiger partial charge in [-0.15, -0.1) is 24.8 Å². The highest BCUT2D eigenvalue weighted by molar-refractivity contribution is 5.85. The van der Waals surface area contributed by atoms with Gasteiger partial charge in [0, 0.05) is 37.8 Å². The minimum absolute atomic E-state index is 0. The molecule has 0 spiro atoms. The van der Waals surface area contributed by atoms with Crippen LogP contribution in [0.2, 0.25) is 0 Å². The molecule has 0 aromatic heterocycles. The Morgan fingerprint density at radius 1 is 1.00 bits per heavy atom. The van der Waals surface area contributed by atoms with Gasteiger partial charge in [0.25, 0.3) is 0 Å². The predicted octanol–water partition coefficient (Wildman–Crippen LogP) is 3.85. The van der Waals surface area contributed by atoms with Crippen molar-refractivity contribution >= 4 is 24.8 Å². The fraction of sp³-hybridized carbons (Fsp3) is 0.538. The van der Waals surface area contributed by atoms with Gasteiger partial charge in [0.15, 0.2) is 17.5 Å². The highest BCUT2D eigenvalue weighted by atomic mass is 35.5. The third kappa shape index (κ3) is 5.70. The maximum absolute atomic E-state index is 13.8. The van der Waals surface area contributed by atoms with Crippen LogP contribution in [-0.4, -0.2) is 37.3 Å². The first-order chi connectivity index (χ1) is 9.79. The Hall–Kier alpha value is -0.700. The normalized spacial score (nSPS) is 17.1. The summed E-state index contributed by atoms with van der Waals surface area (Å²) >= 11 is 0. The first-order valence-corrected chi connectivity index (χ1v) is 6.44. The zero-order chi connectivity index (χ0) is 15.6. The molecule has 0 unspecified atom stereocenters. The van der Waals surface area contributed by atoms with E-state index in [1.54, 1.807) is 0 Å². The third-order valence-corrected chi connectivity index (χ3v) is 3.44. The van der Waals surface area contributed by atoms with E-state index >= 15 is 0 Å². The minimum Gasteiger partial charge on any atom is -0.314 e. The number of nitrogens with one attached hydrogen (secondary N) is 1. The Balaban J connectivity index is 0.00000242. The Morgan fingerprint density at radius 3 is 2.09 bits per heavy atom. The van der Waals surface area contributed by atoms with Crippen LogP contribution in [0.5, 0.6) is 0 Å². The van der Waals surface area contributed by atoms with Gasteiger partial charge in [0.05, 0.1) is 6.42 Å². The molecule has 1 N–H and O–H groups in total. The molecule has 2 rings (SSSR count). The van der Waals surface area contributed by atoms with Gasteiger partial charge in [-0.05, 0) is 6.07 Å². The van der Waals surface area contributed by atoms with E-state index in [9.17, 15) is 26.3 Å². The van der Waals surface area contributed by atoms with Crippen molar-refractivity contribution in [1.82, 2.24) is 10.2 Å². The van der Waals surface area contributed by atoms with Gasteiger partial charge in [0.1, 0.15) is 0 Å². The summed E-state index contributed by atoms with van der Waals surface area (Å²) in [5.41, 5.74) is -0.465. The summed E-state index contributed by atoms with van der Waals surface area (Å²) in [4.78, 5) is 1.43. The van der Waals surface area contributed by atoms with Crippen LogP contribution in [-0.2, 0) is 0 Å². The molecule has 0 bridgehead atoms. The Labute approximate surface area is 142 Å². The number of rotatable bonds is 3. The van der Waals surface area contributed by atoms with E-state index in [0.717, 1.165) is 6.07 Å². The van der Waals surface area contributed by atoms with Crippen LogP contribution in [0.1, 0.15) is 18.0 Å². The van der Waals surface area contributed by atoms with Crippen LogP contribution in [0.3, 0.4) is 0 Å². The van der Waals surface area contributed by atoms with Crippen molar-refractivity contribution in [1.29, 1.82) is 0 Å². The van der Waals surface area contributed by atoms with E-state index in [1.807, 2.05) is 0 Å². The van der Waals surface area contributed by atoms with Crippen molar-refractivity contribution in [3.8, 4) is 0 Å². The van der Waals surface area contributed by atoms with E-state index in [-0.39, 0.29) is 37.9 Å². The molecule has 1 aliphatic rings. The van der Waals surface area contributed by atoms with Crippen molar-refractivity contribution in [2.45, 2.75) is 18.6 Å². The number of piperazine rings is 1. The largest absolute Gasteiger partial charge is 0.390 e. The molecule has 0 aliphatic carbocycles. The highest BCUT2D eigenvalue weighted by Gasteiger charge is 2.37. The van der Waals surface area contributed by atoms with Crippen LogP contribution in [0, 0.1) is 17.5 Å². The summed E-state index contributed by atoms with van der Waals surface area (Å²) in [5, 5.41) is 2.97. The van der Waals surface area contributed by atoms with Crippen molar-refractivity contribution in [3.05, 3.63) is 35.1 Å². The molecule has 134 valence electrons. The number of benzene rings is 1. The zero-order valence-electron chi connectivity index (χ0n) is 11.8. The van der Waals surface area contributed by atoms with Crippen molar-refractivity contribution in [3.63, 3.8) is 0 Å². The average Bonchev–Trinajstić information content (AvgIpc) is 2.43. The van der Waals surface area contributed by atoms with Gasteiger partial charge >= 0.3 is 6.18 Å². The van der Waals surface area contributed by atoms with Gasteiger partial charge < -0.3 is 5.32 Å². The van der Waals surface area contributed by atoms with Crippen LogP contribution in [0.25, 0.3) is 0 Å². The molecular formula is C13H16Cl2F6N2. The molecule has 1 fully saturated rings. The highest BCUT2D eigenvalue weighted by Crippen LogP contribution is 2.35. The van der Waals surface area contributed by atoms with Gasteiger partial charge in [-0.2, -0.15) is 13.2 Å². The molecule has 1 atom stereocenters. The Bertz CT molecular complexity index is 506. The fourth-order valence-electron chi connectivity index (χ4n) is 2.45. The molecule has 23 heavy (non-hydrogen) atoms. The Kier molecular flexibility index (Phi) is 8.69. The number of nitrogens with zero attached hydrogens (tertiary/aromatic N) is 1. The van der Waals surface area contributed by atoms with Gasteiger partial charge in [-0.1, -0.05) is 6.07 Å². The zero-order valence-corrected chi connectivity index (χ0v) is 13.4. The van der Waals surface area contributed by atoms with Crippen molar-refractivity contribution in [2.24, 2.45) is 0 Å². The molecule has 0 radical (unpaired) electrons. The lowest BCUT2D eigenvalue weighted by molar-refractivity contribution is -0.149. The minimum atomic E-state index is -4.53. The molecule has 1 aromatic rings. The summed E-state index contributed by atoms with van der Waals surface area (Å²) in [6.07, 6.45) is -5.85. The molecule has 1 aromatic carbocycles. The van der Waals surface area contributed by atoms with Crippen LogP contribution in [0.4, 0.5) is 26.3 Å². The second-order valence-corrected chi connectivity index (χ2v) is 4.89. The second-order valence-electron chi connectivity index (χ2n) is 4.89.